The predicted octanol–water partition coefficient (Wildman–Crippen LogP) is 0.546. The minimum Gasteiger partial charge on any atom is -0.494 e. The van der Waals surface area contributed by atoms with Crippen LogP contribution in [0.2, 0.25) is 0 Å². The van der Waals surface area contributed by atoms with Crippen LogP contribution in [0.15, 0.2) is 24.3 Å². The molecular formula is C13H16FNO5. The van der Waals surface area contributed by atoms with Crippen LogP contribution in [-0.2, 0) is 9.59 Å². The van der Waals surface area contributed by atoms with Crippen LogP contribution in [0.3, 0.4) is 0 Å². The van der Waals surface area contributed by atoms with Crippen LogP contribution in [0.4, 0.5) is 4.39 Å². The van der Waals surface area contributed by atoms with E-state index in [1.54, 1.807) is 0 Å². The lowest BCUT2D eigenvalue weighted by Crippen LogP contribution is -2.36. The lowest BCUT2D eigenvalue weighted by Gasteiger charge is -2.08. The van der Waals surface area contributed by atoms with Crippen molar-refractivity contribution in [1.29, 1.82) is 0 Å². The summed E-state index contributed by atoms with van der Waals surface area (Å²) in [5.74, 6) is -1.60. The number of rotatable bonds is 8. The fourth-order valence-corrected chi connectivity index (χ4v) is 1.34. The summed E-state index contributed by atoms with van der Waals surface area (Å²) in [5.41, 5.74) is 0. The standard InChI is InChI=1S/C13H16FNO5/c14-9-3-5-10(6-4-9)20-7-1-2-12(17)15-8-11(16)13(18)19/h3-6,11,16H,1-2,7-8H2,(H,15,17)(H,18,19). The third-order valence-electron chi connectivity index (χ3n) is 2.41. The highest BCUT2D eigenvalue weighted by Gasteiger charge is 2.13. The highest BCUT2D eigenvalue weighted by Crippen LogP contribution is 2.11. The molecule has 1 unspecified atom stereocenters. The Morgan fingerprint density at radius 3 is 2.55 bits per heavy atom. The summed E-state index contributed by atoms with van der Waals surface area (Å²) in [6, 6.07) is 5.52. The minimum absolute atomic E-state index is 0.146. The van der Waals surface area contributed by atoms with Gasteiger partial charge in [0.15, 0.2) is 6.10 Å². The zero-order valence-corrected chi connectivity index (χ0v) is 10.7. The maximum absolute atomic E-state index is 12.6. The quantitative estimate of drug-likeness (QED) is 0.606. The predicted molar refractivity (Wildman–Crippen MR) is 67.8 cm³/mol. The molecule has 0 aliphatic rings. The summed E-state index contributed by atoms with van der Waals surface area (Å²) in [5, 5.41) is 19.6. The molecule has 0 radical (unpaired) electrons. The van der Waals surface area contributed by atoms with Crippen LogP contribution in [0, 0.1) is 5.82 Å². The van der Waals surface area contributed by atoms with Crippen LogP contribution in [0.5, 0.6) is 5.75 Å². The van der Waals surface area contributed by atoms with Gasteiger partial charge in [-0.15, -0.1) is 0 Å². The zero-order valence-electron chi connectivity index (χ0n) is 10.7. The van der Waals surface area contributed by atoms with Gasteiger partial charge in [-0.25, -0.2) is 9.18 Å². The first kappa shape index (κ1) is 15.9. The molecule has 1 atom stereocenters. The molecule has 20 heavy (non-hydrogen) atoms. The first-order valence-electron chi connectivity index (χ1n) is 6.05. The largest absolute Gasteiger partial charge is 0.494 e. The molecule has 0 saturated carbocycles. The Morgan fingerprint density at radius 1 is 1.30 bits per heavy atom. The maximum atomic E-state index is 12.6. The molecule has 6 nitrogen and oxygen atoms in total. The number of hydrogen-bond donors (Lipinski definition) is 3. The third kappa shape index (κ3) is 6.14. The van der Waals surface area contributed by atoms with E-state index in [1.165, 1.54) is 24.3 Å². The maximum Gasteiger partial charge on any atom is 0.334 e. The molecule has 3 N–H and O–H groups in total. The molecule has 0 bridgehead atoms. The molecule has 1 rings (SSSR count). The van der Waals surface area contributed by atoms with E-state index < -0.39 is 12.1 Å². The van der Waals surface area contributed by atoms with Crippen molar-refractivity contribution in [2.24, 2.45) is 0 Å². The number of amides is 1. The molecular weight excluding hydrogens is 269 g/mol. The number of carboxylic acids is 1. The lowest BCUT2D eigenvalue weighted by molar-refractivity contribution is -0.146. The number of aliphatic hydroxyl groups is 1. The van der Waals surface area contributed by atoms with Crippen molar-refractivity contribution in [3.8, 4) is 5.75 Å². The second kappa shape index (κ2) is 8.11. The number of carbonyl (C=O) groups is 2. The van der Waals surface area contributed by atoms with Gasteiger partial charge in [0.2, 0.25) is 5.91 Å². The fraction of sp³-hybridized carbons (Fsp3) is 0.385. The van der Waals surface area contributed by atoms with Gasteiger partial charge in [-0.3, -0.25) is 4.79 Å². The zero-order chi connectivity index (χ0) is 15.0. The smallest absolute Gasteiger partial charge is 0.334 e. The third-order valence-corrected chi connectivity index (χ3v) is 2.41. The molecule has 0 spiro atoms. The van der Waals surface area contributed by atoms with E-state index in [-0.39, 0.29) is 31.3 Å². The van der Waals surface area contributed by atoms with Gasteiger partial charge in [-0.1, -0.05) is 0 Å². The summed E-state index contributed by atoms with van der Waals surface area (Å²) >= 11 is 0. The van der Waals surface area contributed by atoms with Crippen molar-refractivity contribution in [3.05, 3.63) is 30.1 Å². The van der Waals surface area contributed by atoms with Gasteiger partial charge in [0.1, 0.15) is 11.6 Å². The number of ether oxygens (including phenoxy) is 1. The van der Waals surface area contributed by atoms with Crippen molar-refractivity contribution < 1.29 is 28.9 Å². The van der Waals surface area contributed by atoms with Gasteiger partial charge in [0.25, 0.3) is 0 Å². The lowest BCUT2D eigenvalue weighted by atomic mass is 10.3. The van der Waals surface area contributed by atoms with E-state index in [9.17, 15) is 14.0 Å². The Morgan fingerprint density at radius 2 is 1.95 bits per heavy atom. The SMILES string of the molecule is O=C(CCCOc1ccc(F)cc1)NCC(O)C(=O)O. The van der Waals surface area contributed by atoms with Crippen LogP contribution in [-0.4, -0.2) is 41.3 Å². The molecule has 0 saturated heterocycles. The fourth-order valence-electron chi connectivity index (χ4n) is 1.34. The number of nitrogens with one attached hydrogen (secondary N) is 1. The average molecular weight is 285 g/mol. The van der Waals surface area contributed by atoms with Crippen molar-refractivity contribution in [2.75, 3.05) is 13.2 Å². The Hall–Kier alpha value is -2.15. The molecule has 110 valence electrons. The van der Waals surface area contributed by atoms with Gasteiger partial charge >= 0.3 is 5.97 Å². The number of aliphatic hydroxyl groups excluding tert-OH is 1. The van der Waals surface area contributed by atoms with Crippen molar-refractivity contribution >= 4 is 11.9 Å². The topological polar surface area (TPSA) is 95.9 Å². The highest BCUT2D eigenvalue weighted by atomic mass is 19.1. The number of halogens is 1. The summed E-state index contributed by atoms with van der Waals surface area (Å²) < 4.78 is 17.9. The number of aliphatic carboxylic acids is 1. The monoisotopic (exact) mass is 285 g/mol. The molecule has 0 aliphatic carbocycles. The summed E-state index contributed by atoms with van der Waals surface area (Å²) in [6.07, 6.45) is -1.03. The van der Waals surface area contributed by atoms with E-state index in [4.69, 9.17) is 14.9 Å². The molecule has 1 aromatic carbocycles. The van der Waals surface area contributed by atoms with Crippen LogP contribution >= 0.6 is 0 Å². The van der Waals surface area contributed by atoms with Gasteiger partial charge in [0, 0.05) is 6.42 Å². The van der Waals surface area contributed by atoms with E-state index in [1.807, 2.05) is 0 Å². The number of hydrogen-bond acceptors (Lipinski definition) is 4. The Kier molecular flexibility index (Phi) is 6.45. The first-order valence-corrected chi connectivity index (χ1v) is 6.05. The molecule has 0 aromatic heterocycles. The first-order chi connectivity index (χ1) is 9.49. The summed E-state index contributed by atoms with van der Waals surface area (Å²) in [4.78, 5) is 21.6. The number of carboxylic acid groups (broad SMARTS) is 1. The van der Waals surface area contributed by atoms with E-state index >= 15 is 0 Å². The molecule has 7 heteroatoms. The molecule has 1 amide bonds. The Labute approximate surface area is 115 Å². The molecule has 0 heterocycles. The highest BCUT2D eigenvalue weighted by molar-refractivity contribution is 5.77. The molecule has 0 fully saturated rings. The normalized spacial score (nSPS) is 11.7. The van der Waals surface area contributed by atoms with Gasteiger partial charge in [0.05, 0.1) is 13.2 Å². The molecule has 0 aliphatic heterocycles. The van der Waals surface area contributed by atoms with Crippen LogP contribution < -0.4 is 10.1 Å². The number of benzene rings is 1. The minimum atomic E-state index is -1.60. The van der Waals surface area contributed by atoms with E-state index in [0.717, 1.165) is 0 Å². The van der Waals surface area contributed by atoms with Crippen molar-refractivity contribution in [2.45, 2.75) is 18.9 Å². The molecule has 1 aromatic rings. The van der Waals surface area contributed by atoms with Gasteiger partial charge < -0.3 is 20.3 Å². The summed E-state index contributed by atoms with van der Waals surface area (Å²) in [7, 11) is 0. The second-order valence-electron chi connectivity index (χ2n) is 4.06. The Bertz CT molecular complexity index is 449. The van der Waals surface area contributed by atoms with E-state index in [2.05, 4.69) is 5.32 Å². The average Bonchev–Trinajstić information content (AvgIpc) is 2.42. The Balaban J connectivity index is 2.13. The second-order valence-corrected chi connectivity index (χ2v) is 4.06. The van der Waals surface area contributed by atoms with Crippen LogP contribution in [0.25, 0.3) is 0 Å². The number of carbonyl (C=O) groups excluding carboxylic acids is 1. The van der Waals surface area contributed by atoms with Gasteiger partial charge in [-0.2, -0.15) is 0 Å². The summed E-state index contributed by atoms with van der Waals surface area (Å²) in [6.45, 7) is -0.0481. The van der Waals surface area contributed by atoms with E-state index in [0.29, 0.717) is 12.2 Å². The van der Waals surface area contributed by atoms with Gasteiger partial charge in [-0.05, 0) is 30.7 Å². The van der Waals surface area contributed by atoms with Crippen molar-refractivity contribution in [1.82, 2.24) is 5.32 Å². The van der Waals surface area contributed by atoms with Crippen molar-refractivity contribution in [3.63, 3.8) is 0 Å². The van der Waals surface area contributed by atoms with Crippen LogP contribution in [0.1, 0.15) is 12.8 Å².